The number of aromatic nitrogens is 3. The van der Waals surface area contributed by atoms with Gasteiger partial charge in [-0.1, -0.05) is 18.2 Å². The Hall–Kier alpha value is -2.51. The number of ether oxygens (including phenoxy) is 1. The number of rotatable bonds is 6. The molecular formula is C18H20F2N4O2. The quantitative estimate of drug-likeness (QED) is 0.793. The normalized spacial score (nSPS) is 21.8. The molecule has 2 aliphatic rings. The van der Waals surface area contributed by atoms with Crippen molar-refractivity contribution in [2.75, 3.05) is 13.2 Å². The third kappa shape index (κ3) is 3.68. The van der Waals surface area contributed by atoms with Crippen LogP contribution in [0.25, 0.3) is 0 Å². The van der Waals surface area contributed by atoms with E-state index >= 15 is 0 Å². The molecule has 1 aromatic carbocycles. The zero-order chi connectivity index (χ0) is 18.1. The lowest BCUT2D eigenvalue weighted by Gasteiger charge is -2.23. The molecule has 1 amide bonds. The van der Waals surface area contributed by atoms with Crippen LogP contribution in [0.15, 0.2) is 36.7 Å². The molecule has 1 atom stereocenters. The van der Waals surface area contributed by atoms with E-state index in [1.165, 1.54) is 4.90 Å². The minimum atomic E-state index is -2.94. The smallest absolute Gasteiger partial charge is 0.267 e. The van der Waals surface area contributed by atoms with Crippen LogP contribution in [0.4, 0.5) is 8.78 Å². The molecule has 1 saturated carbocycles. The van der Waals surface area contributed by atoms with E-state index in [-0.39, 0.29) is 6.61 Å². The standard InChI is InChI=1S/C18H20F2N4O2/c19-18(20)8-15(17-22-21-12-23(17)9-13-6-7-13)24(11-18)16(25)10-26-14-4-2-1-3-5-14/h1-5,12-13,15H,6-11H2/t15-/m0/s1. The molecule has 1 aliphatic heterocycles. The fourth-order valence-electron chi connectivity index (χ4n) is 3.30. The highest BCUT2D eigenvalue weighted by atomic mass is 19.3. The second-order valence-electron chi connectivity index (χ2n) is 6.98. The molecule has 0 N–H and O–H groups in total. The maximum Gasteiger partial charge on any atom is 0.267 e. The van der Waals surface area contributed by atoms with Gasteiger partial charge in [-0.05, 0) is 30.9 Å². The van der Waals surface area contributed by atoms with Crippen molar-refractivity contribution in [1.82, 2.24) is 19.7 Å². The molecule has 0 radical (unpaired) electrons. The van der Waals surface area contributed by atoms with Gasteiger partial charge in [-0.3, -0.25) is 4.79 Å². The Bertz CT molecular complexity index is 777. The van der Waals surface area contributed by atoms with Gasteiger partial charge in [0.2, 0.25) is 0 Å². The van der Waals surface area contributed by atoms with Crippen LogP contribution in [0.5, 0.6) is 5.75 Å². The molecule has 1 saturated heterocycles. The number of para-hydroxylation sites is 1. The second-order valence-corrected chi connectivity index (χ2v) is 6.98. The monoisotopic (exact) mass is 362 g/mol. The number of likely N-dealkylation sites (tertiary alicyclic amines) is 1. The lowest BCUT2D eigenvalue weighted by Crippen LogP contribution is -2.37. The molecule has 0 spiro atoms. The Morgan fingerprint density at radius 3 is 2.77 bits per heavy atom. The van der Waals surface area contributed by atoms with Crippen LogP contribution in [0.1, 0.15) is 31.1 Å². The first-order valence-corrected chi connectivity index (χ1v) is 8.75. The van der Waals surface area contributed by atoms with Crippen LogP contribution in [0, 0.1) is 5.92 Å². The topological polar surface area (TPSA) is 60.2 Å². The highest BCUT2D eigenvalue weighted by molar-refractivity contribution is 5.78. The molecule has 138 valence electrons. The molecule has 2 heterocycles. The summed E-state index contributed by atoms with van der Waals surface area (Å²) in [7, 11) is 0. The van der Waals surface area contributed by atoms with Gasteiger partial charge in [-0.25, -0.2) is 8.78 Å². The van der Waals surface area contributed by atoms with Crippen LogP contribution in [-0.4, -0.2) is 44.6 Å². The minimum Gasteiger partial charge on any atom is -0.484 e. The Kier molecular flexibility index (Phi) is 4.34. The largest absolute Gasteiger partial charge is 0.484 e. The Balaban J connectivity index is 1.49. The van der Waals surface area contributed by atoms with E-state index in [4.69, 9.17) is 4.74 Å². The van der Waals surface area contributed by atoms with Crippen molar-refractivity contribution in [1.29, 1.82) is 0 Å². The summed E-state index contributed by atoms with van der Waals surface area (Å²) in [5.74, 6) is -1.90. The first kappa shape index (κ1) is 16.9. The third-order valence-electron chi connectivity index (χ3n) is 4.79. The van der Waals surface area contributed by atoms with Crippen molar-refractivity contribution >= 4 is 5.91 Å². The van der Waals surface area contributed by atoms with Gasteiger partial charge < -0.3 is 14.2 Å². The average molecular weight is 362 g/mol. The van der Waals surface area contributed by atoms with E-state index < -0.39 is 30.8 Å². The molecule has 4 rings (SSSR count). The molecule has 6 nitrogen and oxygen atoms in total. The SMILES string of the molecule is O=C(COc1ccccc1)N1CC(F)(F)C[C@H]1c1nncn1CC1CC1. The first-order valence-electron chi connectivity index (χ1n) is 8.75. The predicted octanol–water partition coefficient (Wildman–Crippen LogP) is 2.68. The Morgan fingerprint density at radius 1 is 1.27 bits per heavy atom. The van der Waals surface area contributed by atoms with Crippen LogP contribution in [0.3, 0.4) is 0 Å². The van der Waals surface area contributed by atoms with E-state index in [1.54, 1.807) is 30.6 Å². The van der Waals surface area contributed by atoms with Gasteiger partial charge in [0.15, 0.2) is 12.4 Å². The zero-order valence-corrected chi connectivity index (χ0v) is 14.2. The number of nitrogens with zero attached hydrogens (tertiary/aromatic N) is 4. The van der Waals surface area contributed by atoms with Crippen molar-refractivity contribution in [2.24, 2.45) is 5.92 Å². The Labute approximate surface area is 149 Å². The van der Waals surface area contributed by atoms with Crippen molar-refractivity contribution < 1.29 is 18.3 Å². The molecule has 2 aromatic rings. The average Bonchev–Trinajstić information content (AvgIpc) is 3.21. The number of amides is 1. The number of benzene rings is 1. The number of carbonyl (C=O) groups is 1. The number of hydrogen-bond acceptors (Lipinski definition) is 4. The van der Waals surface area contributed by atoms with Gasteiger partial charge in [0, 0.05) is 13.0 Å². The molecule has 1 aliphatic carbocycles. The van der Waals surface area contributed by atoms with Crippen LogP contribution in [-0.2, 0) is 11.3 Å². The van der Waals surface area contributed by atoms with Crippen molar-refractivity contribution in [3.05, 3.63) is 42.5 Å². The summed E-state index contributed by atoms with van der Waals surface area (Å²) in [5, 5.41) is 7.92. The van der Waals surface area contributed by atoms with Gasteiger partial charge in [-0.2, -0.15) is 0 Å². The van der Waals surface area contributed by atoms with E-state index in [9.17, 15) is 13.6 Å². The fourth-order valence-corrected chi connectivity index (χ4v) is 3.30. The Morgan fingerprint density at radius 2 is 2.04 bits per heavy atom. The summed E-state index contributed by atoms with van der Waals surface area (Å²) in [6.45, 7) is -0.189. The maximum absolute atomic E-state index is 14.1. The summed E-state index contributed by atoms with van der Waals surface area (Å²) in [6.07, 6.45) is 3.39. The van der Waals surface area contributed by atoms with Crippen LogP contribution in [0.2, 0.25) is 0 Å². The lowest BCUT2D eigenvalue weighted by atomic mass is 10.1. The number of halogens is 2. The molecule has 26 heavy (non-hydrogen) atoms. The van der Waals surface area contributed by atoms with Gasteiger partial charge in [0.05, 0.1) is 12.6 Å². The molecule has 0 unspecified atom stereocenters. The number of hydrogen-bond donors (Lipinski definition) is 0. The maximum atomic E-state index is 14.1. The summed E-state index contributed by atoms with van der Waals surface area (Å²) in [4.78, 5) is 13.7. The summed E-state index contributed by atoms with van der Waals surface area (Å²) < 4.78 is 35.4. The molecule has 8 heteroatoms. The zero-order valence-electron chi connectivity index (χ0n) is 14.2. The molecule has 0 bridgehead atoms. The highest BCUT2D eigenvalue weighted by Gasteiger charge is 2.49. The van der Waals surface area contributed by atoms with Gasteiger partial charge in [0.25, 0.3) is 11.8 Å². The third-order valence-corrected chi connectivity index (χ3v) is 4.79. The van der Waals surface area contributed by atoms with Gasteiger partial charge >= 0.3 is 0 Å². The second kappa shape index (κ2) is 6.66. The van der Waals surface area contributed by atoms with E-state index in [2.05, 4.69) is 10.2 Å². The molecular weight excluding hydrogens is 342 g/mol. The van der Waals surface area contributed by atoms with E-state index in [1.807, 2.05) is 10.6 Å². The van der Waals surface area contributed by atoms with Gasteiger partial charge in [0.1, 0.15) is 12.1 Å². The van der Waals surface area contributed by atoms with Crippen molar-refractivity contribution in [3.63, 3.8) is 0 Å². The summed E-state index contributed by atoms with van der Waals surface area (Å²) in [5.41, 5.74) is 0. The van der Waals surface area contributed by atoms with Gasteiger partial charge in [-0.15, -0.1) is 10.2 Å². The predicted molar refractivity (Wildman–Crippen MR) is 88.7 cm³/mol. The number of carbonyl (C=O) groups excluding carboxylic acids is 1. The lowest BCUT2D eigenvalue weighted by molar-refractivity contribution is -0.135. The summed E-state index contributed by atoms with van der Waals surface area (Å²) >= 11 is 0. The summed E-state index contributed by atoms with van der Waals surface area (Å²) in [6, 6.07) is 8.06. The molecule has 1 aromatic heterocycles. The molecule has 2 fully saturated rings. The van der Waals surface area contributed by atoms with Crippen molar-refractivity contribution in [3.8, 4) is 5.75 Å². The highest BCUT2D eigenvalue weighted by Crippen LogP contribution is 2.41. The minimum absolute atomic E-state index is 0.284. The van der Waals surface area contributed by atoms with E-state index in [0.717, 1.165) is 12.8 Å². The number of alkyl halides is 2. The van der Waals surface area contributed by atoms with Crippen LogP contribution < -0.4 is 4.74 Å². The van der Waals surface area contributed by atoms with Crippen molar-refractivity contribution in [2.45, 2.75) is 37.8 Å². The van der Waals surface area contributed by atoms with Crippen LogP contribution >= 0.6 is 0 Å². The van der Waals surface area contributed by atoms with E-state index in [0.29, 0.717) is 24.0 Å². The fraction of sp³-hybridized carbons (Fsp3) is 0.500. The first-order chi connectivity index (χ1) is 12.5.